The Morgan fingerprint density at radius 2 is 2.27 bits per heavy atom. The molecule has 1 aromatic carbocycles. The molecule has 1 aromatic rings. The molecule has 0 spiro atoms. The van der Waals surface area contributed by atoms with Crippen LogP contribution < -0.4 is 10.1 Å². The number of hydrogen-bond acceptors (Lipinski definition) is 2. The number of hydrogen-bond donors (Lipinski definition) is 1. The van der Waals surface area contributed by atoms with Crippen LogP contribution in [-0.2, 0) is 6.42 Å². The van der Waals surface area contributed by atoms with Gasteiger partial charge in [0.25, 0.3) is 0 Å². The average molecular weight is 226 g/mol. The van der Waals surface area contributed by atoms with Crippen LogP contribution in [0.15, 0.2) is 12.1 Å². The molecule has 0 amide bonds. The monoisotopic (exact) mass is 225 g/mol. The van der Waals surface area contributed by atoms with Crippen molar-refractivity contribution in [2.24, 2.45) is 0 Å². The summed E-state index contributed by atoms with van der Waals surface area (Å²) in [6, 6.07) is 4.12. The van der Waals surface area contributed by atoms with E-state index in [-0.39, 0.29) is 0 Å². The van der Waals surface area contributed by atoms with Crippen molar-refractivity contribution in [1.82, 2.24) is 5.32 Å². The summed E-state index contributed by atoms with van der Waals surface area (Å²) in [4.78, 5) is 0. The zero-order valence-corrected chi connectivity index (χ0v) is 9.90. The van der Waals surface area contributed by atoms with Crippen LogP contribution in [0.3, 0.4) is 0 Å². The van der Waals surface area contributed by atoms with Gasteiger partial charge < -0.3 is 10.1 Å². The molecular formula is C12H16ClNO. The molecule has 1 unspecified atom stereocenters. The van der Waals surface area contributed by atoms with Gasteiger partial charge in [0.15, 0.2) is 0 Å². The van der Waals surface area contributed by atoms with Crippen LogP contribution in [0.4, 0.5) is 0 Å². The van der Waals surface area contributed by atoms with Gasteiger partial charge in [-0.05, 0) is 42.1 Å². The first-order valence-electron chi connectivity index (χ1n) is 5.29. The normalized spacial score (nSPS) is 20.6. The molecule has 1 N–H and O–H groups in total. The molecule has 2 rings (SSSR count). The summed E-state index contributed by atoms with van der Waals surface area (Å²) < 4.78 is 5.25. The van der Waals surface area contributed by atoms with Crippen molar-refractivity contribution in [3.05, 3.63) is 28.3 Å². The van der Waals surface area contributed by atoms with Gasteiger partial charge in [0.2, 0.25) is 0 Å². The third kappa shape index (κ3) is 2.11. The lowest BCUT2D eigenvalue weighted by molar-refractivity contribution is 0.414. The minimum atomic E-state index is 0.522. The number of halogens is 1. The lowest BCUT2D eigenvalue weighted by Gasteiger charge is -2.14. The minimum Gasteiger partial charge on any atom is -0.495 e. The van der Waals surface area contributed by atoms with Crippen molar-refractivity contribution in [3.63, 3.8) is 0 Å². The van der Waals surface area contributed by atoms with Crippen LogP contribution in [0.2, 0.25) is 5.02 Å². The fourth-order valence-corrected chi connectivity index (χ4v) is 2.36. The Bertz CT molecular complexity index is 365. The van der Waals surface area contributed by atoms with E-state index in [0.717, 1.165) is 25.3 Å². The molecular weight excluding hydrogens is 210 g/mol. The second-order valence-electron chi connectivity index (χ2n) is 4.04. The molecule has 3 heteroatoms. The Balaban J connectivity index is 2.47. The second kappa shape index (κ2) is 4.42. The molecule has 0 saturated heterocycles. The van der Waals surface area contributed by atoms with Gasteiger partial charge in [-0.15, -0.1) is 0 Å². The summed E-state index contributed by atoms with van der Waals surface area (Å²) in [6.07, 6.45) is 1.05. The number of methoxy groups -OCH3 is 1. The maximum atomic E-state index is 6.12. The predicted molar refractivity (Wildman–Crippen MR) is 63.0 cm³/mol. The highest BCUT2D eigenvalue weighted by Crippen LogP contribution is 2.32. The highest BCUT2D eigenvalue weighted by Gasteiger charge is 2.16. The van der Waals surface area contributed by atoms with Crippen LogP contribution in [0.25, 0.3) is 0 Å². The largest absolute Gasteiger partial charge is 0.495 e. The third-order valence-corrected chi connectivity index (χ3v) is 3.26. The zero-order chi connectivity index (χ0) is 10.8. The van der Waals surface area contributed by atoms with Crippen molar-refractivity contribution in [3.8, 4) is 5.75 Å². The summed E-state index contributed by atoms with van der Waals surface area (Å²) in [5, 5.41) is 4.13. The molecule has 0 fully saturated rings. The van der Waals surface area contributed by atoms with Crippen LogP contribution in [0, 0.1) is 0 Å². The molecule has 0 bridgehead atoms. The van der Waals surface area contributed by atoms with E-state index in [0.29, 0.717) is 10.9 Å². The number of rotatable bonds is 1. The summed E-state index contributed by atoms with van der Waals surface area (Å²) in [5.41, 5.74) is 2.71. The molecule has 15 heavy (non-hydrogen) atoms. The van der Waals surface area contributed by atoms with E-state index in [1.807, 2.05) is 6.07 Å². The first kappa shape index (κ1) is 10.8. The van der Waals surface area contributed by atoms with E-state index in [4.69, 9.17) is 16.3 Å². The van der Waals surface area contributed by atoms with Gasteiger partial charge in [0, 0.05) is 6.54 Å². The number of nitrogens with one attached hydrogen (secondary N) is 1. The molecule has 0 aromatic heterocycles. The Morgan fingerprint density at radius 3 is 3.00 bits per heavy atom. The minimum absolute atomic E-state index is 0.522. The average Bonchev–Trinajstić information content (AvgIpc) is 2.40. The van der Waals surface area contributed by atoms with Crippen molar-refractivity contribution in [2.75, 3.05) is 20.2 Å². The molecule has 1 aliphatic heterocycles. The molecule has 2 nitrogen and oxygen atoms in total. The molecule has 1 aliphatic rings. The van der Waals surface area contributed by atoms with Crippen LogP contribution in [-0.4, -0.2) is 20.2 Å². The summed E-state index contributed by atoms with van der Waals surface area (Å²) in [5.74, 6) is 1.30. The maximum absolute atomic E-state index is 6.12. The highest BCUT2D eigenvalue weighted by molar-refractivity contribution is 6.32. The Morgan fingerprint density at radius 1 is 1.47 bits per heavy atom. The fraction of sp³-hybridized carbons (Fsp3) is 0.500. The Kier molecular flexibility index (Phi) is 3.17. The van der Waals surface area contributed by atoms with Gasteiger partial charge in [-0.25, -0.2) is 0 Å². The third-order valence-electron chi connectivity index (χ3n) is 2.97. The van der Waals surface area contributed by atoms with Crippen molar-refractivity contribution >= 4 is 11.6 Å². The van der Waals surface area contributed by atoms with Gasteiger partial charge >= 0.3 is 0 Å². The van der Waals surface area contributed by atoms with E-state index in [1.165, 1.54) is 11.1 Å². The van der Waals surface area contributed by atoms with Crippen molar-refractivity contribution < 1.29 is 4.74 Å². The van der Waals surface area contributed by atoms with E-state index in [2.05, 4.69) is 18.3 Å². The first-order valence-corrected chi connectivity index (χ1v) is 5.67. The number of benzene rings is 1. The zero-order valence-electron chi connectivity index (χ0n) is 9.14. The Hall–Kier alpha value is -0.730. The molecule has 0 radical (unpaired) electrons. The fourth-order valence-electron chi connectivity index (χ4n) is 2.09. The van der Waals surface area contributed by atoms with E-state index < -0.39 is 0 Å². The molecule has 1 heterocycles. The van der Waals surface area contributed by atoms with E-state index in [9.17, 15) is 0 Å². The SMILES string of the molecule is COc1cc2c(cc1Cl)CCNCC2C. The maximum Gasteiger partial charge on any atom is 0.137 e. The number of ether oxygens (including phenoxy) is 1. The lowest BCUT2D eigenvalue weighted by Crippen LogP contribution is -2.18. The second-order valence-corrected chi connectivity index (χ2v) is 4.45. The number of fused-ring (bicyclic) bond motifs is 1. The van der Waals surface area contributed by atoms with Gasteiger partial charge in [0.1, 0.15) is 5.75 Å². The summed E-state index contributed by atoms with van der Waals surface area (Å²) >= 11 is 6.12. The summed E-state index contributed by atoms with van der Waals surface area (Å²) in [7, 11) is 1.66. The van der Waals surface area contributed by atoms with Crippen LogP contribution >= 0.6 is 11.6 Å². The highest BCUT2D eigenvalue weighted by atomic mass is 35.5. The van der Waals surface area contributed by atoms with Gasteiger partial charge in [-0.2, -0.15) is 0 Å². The van der Waals surface area contributed by atoms with Crippen LogP contribution in [0.5, 0.6) is 5.75 Å². The van der Waals surface area contributed by atoms with E-state index in [1.54, 1.807) is 7.11 Å². The predicted octanol–water partition coefficient (Wildman–Crippen LogP) is 2.60. The quantitative estimate of drug-likeness (QED) is 0.794. The standard InChI is InChI=1S/C12H16ClNO/c1-8-7-14-4-3-9-5-11(13)12(15-2)6-10(8)9/h5-6,8,14H,3-4,7H2,1-2H3. The molecule has 1 atom stereocenters. The molecule has 0 saturated carbocycles. The Labute approximate surface area is 95.6 Å². The first-order chi connectivity index (χ1) is 7.22. The molecule has 0 aliphatic carbocycles. The lowest BCUT2D eigenvalue weighted by atomic mass is 9.95. The topological polar surface area (TPSA) is 21.3 Å². The summed E-state index contributed by atoms with van der Waals surface area (Å²) in [6.45, 7) is 4.28. The van der Waals surface area contributed by atoms with Gasteiger partial charge in [-0.1, -0.05) is 18.5 Å². The van der Waals surface area contributed by atoms with Crippen LogP contribution in [0.1, 0.15) is 24.0 Å². The molecule has 82 valence electrons. The van der Waals surface area contributed by atoms with Crippen molar-refractivity contribution in [1.29, 1.82) is 0 Å². The smallest absolute Gasteiger partial charge is 0.137 e. The van der Waals surface area contributed by atoms with Gasteiger partial charge in [-0.3, -0.25) is 0 Å². The van der Waals surface area contributed by atoms with Crippen molar-refractivity contribution in [2.45, 2.75) is 19.3 Å². The van der Waals surface area contributed by atoms with E-state index >= 15 is 0 Å². The van der Waals surface area contributed by atoms with Gasteiger partial charge in [0.05, 0.1) is 12.1 Å².